The molecule has 0 N–H and O–H groups in total. The number of nitrogens with zero attached hydrogens (tertiary/aromatic N) is 2. The summed E-state index contributed by atoms with van der Waals surface area (Å²) in [6.45, 7) is 5.66. The van der Waals surface area contributed by atoms with Gasteiger partial charge in [0, 0.05) is 38.3 Å². The van der Waals surface area contributed by atoms with Gasteiger partial charge in [0.2, 0.25) is 0 Å². The van der Waals surface area contributed by atoms with Crippen LogP contribution >= 0.6 is 11.6 Å². The monoisotopic (exact) mass is 312 g/mol. The van der Waals surface area contributed by atoms with Gasteiger partial charge >= 0.3 is 0 Å². The molecule has 1 aromatic rings. The summed E-state index contributed by atoms with van der Waals surface area (Å²) in [6.07, 6.45) is 0.739. The Labute approximate surface area is 130 Å². The van der Waals surface area contributed by atoms with E-state index in [4.69, 9.17) is 21.1 Å². The average molecular weight is 313 g/mol. The Bertz CT molecular complexity index is 488. The first-order chi connectivity index (χ1) is 10.1. The lowest BCUT2D eigenvalue weighted by Gasteiger charge is -2.32. The van der Waals surface area contributed by atoms with Gasteiger partial charge in [-0.1, -0.05) is 11.6 Å². The summed E-state index contributed by atoms with van der Waals surface area (Å²) < 4.78 is 11.0. The number of hydrogen-bond donors (Lipinski definition) is 0. The van der Waals surface area contributed by atoms with E-state index in [0.717, 1.165) is 39.0 Å². The molecule has 116 valence electrons. The van der Waals surface area contributed by atoms with Gasteiger partial charge in [-0.2, -0.15) is 0 Å². The average Bonchev–Trinajstić information content (AvgIpc) is 2.50. The van der Waals surface area contributed by atoms with Crippen molar-refractivity contribution in [3.63, 3.8) is 0 Å². The summed E-state index contributed by atoms with van der Waals surface area (Å²) in [5, 5.41) is 0.398. The quantitative estimate of drug-likeness (QED) is 0.749. The molecule has 0 amide bonds. The Morgan fingerprint density at radius 1 is 1.29 bits per heavy atom. The predicted octanol–water partition coefficient (Wildman–Crippen LogP) is 1.79. The highest BCUT2D eigenvalue weighted by Gasteiger charge is 2.15. The molecule has 0 bridgehead atoms. The van der Waals surface area contributed by atoms with E-state index in [0.29, 0.717) is 28.7 Å². The molecule has 1 aliphatic heterocycles. The molecule has 1 aliphatic rings. The zero-order valence-electron chi connectivity index (χ0n) is 12.5. The third-order valence-electron chi connectivity index (χ3n) is 3.64. The standard InChI is InChI=1S/C15H21ClN2O3/c1-17-3-5-18(6-4-17)7-8-21-15-13(16)9-12(11-19)10-14(15)20-2/h9-11H,3-8H2,1-2H3. The van der Waals surface area contributed by atoms with Crippen LogP contribution in [0.15, 0.2) is 12.1 Å². The maximum absolute atomic E-state index is 10.8. The molecule has 0 saturated carbocycles. The Hall–Kier alpha value is -1.30. The van der Waals surface area contributed by atoms with Gasteiger partial charge in [0.15, 0.2) is 11.5 Å². The van der Waals surface area contributed by atoms with Crippen molar-refractivity contribution in [2.24, 2.45) is 0 Å². The number of benzene rings is 1. The second kappa shape index (κ2) is 7.64. The SMILES string of the molecule is COc1cc(C=O)cc(Cl)c1OCCN1CCN(C)CC1. The first kappa shape index (κ1) is 16.1. The molecule has 5 nitrogen and oxygen atoms in total. The van der Waals surface area contributed by atoms with E-state index in [2.05, 4.69) is 16.8 Å². The van der Waals surface area contributed by atoms with Gasteiger partial charge in [0.1, 0.15) is 12.9 Å². The number of carbonyl (C=O) groups is 1. The van der Waals surface area contributed by atoms with Gasteiger partial charge in [0.25, 0.3) is 0 Å². The number of hydrogen-bond acceptors (Lipinski definition) is 5. The Morgan fingerprint density at radius 2 is 2.00 bits per heavy atom. The first-order valence-corrected chi connectivity index (χ1v) is 7.38. The summed E-state index contributed by atoms with van der Waals surface area (Å²) in [6, 6.07) is 3.21. The molecular formula is C15H21ClN2O3. The van der Waals surface area contributed by atoms with Crippen LogP contribution in [0.4, 0.5) is 0 Å². The van der Waals surface area contributed by atoms with Crippen LogP contribution in [0.3, 0.4) is 0 Å². The molecule has 0 unspecified atom stereocenters. The molecule has 0 aromatic heterocycles. The van der Waals surface area contributed by atoms with E-state index in [-0.39, 0.29) is 0 Å². The summed E-state index contributed by atoms with van der Waals surface area (Å²) >= 11 is 6.15. The number of piperazine rings is 1. The molecule has 0 radical (unpaired) electrons. The number of likely N-dealkylation sites (N-methyl/N-ethyl adjacent to an activating group) is 1. The maximum Gasteiger partial charge on any atom is 0.179 e. The molecule has 1 aromatic carbocycles. The minimum atomic E-state index is 0.398. The largest absolute Gasteiger partial charge is 0.493 e. The number of methoxy groups -OCH3 is 1. The number of aldehydes is 1. The van der Waals surface area contributed by atoms with Crippen LogP contribution in [-0.2, 0) is 0 Å². The zero-order valence-corrected chi connectivity index (χ0v) is 13.2. The maximum atomic E-state index is 10.8. The van der Waals surface area contributed by atoms with Crippen molar-refractivity contribution in [1.29, 1.82) is 0 Å². The highest BCUT2D eigenvalue weighted by atomic mass is 35.5. The Morgan fingerprint density at radius 3 is 2.62 bits per heavy atom. The lowest BCUT2D eigenvalue weighted by Crippen LogP contribution is -2.45. The van der Waals surface area contributed by atoms with Crippen molar-refractivity contribution in [3.8, 4) is 11.5 Å². The van der Waals surface area contributed by atoms with E-state index >= 15 is 0 Å². The highest BCUT2D eigenvalue weighted by molar-refractivity contribution is 6.32. The fourth-order valence-corrected chi connectivity index (χ4v) is 2.57. The Kier molecular flexibility index (Phi) is 5.85. The molecule has 0 aliphatic carbocycles. The van der Waals surface area contributed by atoms with Crippen LogP contribution in [0.5, 0.6) is 11.5 Å². The van der Waals surface area contributed by atoms with Gasteiger partial charge in [-0.3, -0.25) is 9.69 Å². The minimum Gasteiger partial charge on any atom is -0.493 e. The smallest absolute Gasteiger partial charge is 0.179 e. The second-order valence-corrected chi connectivity index (χ2v) is 5.55. The lowest BCUT2D eigenvalue weighted by atomic mass is 10.2. The summed E-state index contributed by atoms with van der Waals surface area (Å²) in [5.41, 5.74) is 0.475. The van der Waals surface area contributed by atoms with Gasteiger partial charge in [-0.25, -0.2) is 0 Å². The third kappa shape index (κ3) is 4.33. The van der Waals surface area contributed by atoms with Crippen molar-refractivity contribution in [2.75, 3.05) is 53.5 Å². The van der Waals surface area contributed by atoms with Crippen LogP contribution in [-0.4, -0.2) is 69.6 Å². The fraction of sp³-hybridized carbons (Fsp3) is 0.533. The van der Waals surface area contributed by atoms with E-state index in [9.17, 15) is 4.79 Å². The van der Waals surface area contributed by atoms with Crippen LogP contribution in [0, 0.1) is 0 Å². The number of halogens is 1. The predicted molar refractivity (Wildman–Crippen MR) is 82.8 cm³/mol. The van der Waals surface area contributed by atoms with Crippen LogP contribution in [0.25, 0.3) is 0 Å². The molecule has 0 spiro atoms. The molecule has 6 heteroatoms. The summed E-state index contributed by atoms with van der Waals surface area (Å²) in [5.74, 6) is 0.988. The van der Waals surface area contributed by atoms with E-state index in [1.54, 1.807) is 12.1 Å². The topological polar surface area (TPSA) is 42.0 Å². The molecule has 1 heterocycles. The Balaban J connectivity index is 1.92. The molecule has 1 saturated heterocycles. The lowest BCUT2D eigenvalue weighted by molar-refractivity contribution is 0.112. The highest BCUT2D eigenvalue weighted by Crippen LogP contribution is 2.35. The van der Waals surface area contributed by atoms with E-state index in [1.807, 2.05) is 0 Å². The van der Waals surface area contributed by atoms with Gasteiger partial charge in [0.05, 0.1) is 12.1 Å². The van der Waals surface area contributed by atoms with Crippen LogP contribution < -0.4 is 9.47 Å². The van der Waals surface area contributed by atoms with Gasteiger partial charge in [-0.05, 0) is 19.2 Å². The van der Waals surface area contributed by atoms with Gasteiger partial charge < -0.3 is 14.4 Å². The van der Waals surface area contributed by atoms with Crippen molar-refractivity contribution in [1.82, 2.24) is 9.80 Å². The minimum absolute atomic E-state index is 0.398. The summed E-state index contributed by atoms with van der Waals surface area (Å²) in [7, 11) is 3.67. The van der Waals surface area contributed by atoms with E-state index in [1.165, 1.54) is 7.11 Å². The number of carbonyl (C=O) groups excluding carboxylic acids is 1. The first-order valence-electron chi connectivity index (χ1n) is 7.00. The zero-order chi connectivity index (χ0) is 15.2. The molecule has 0 atom stereocenters. The third-order valence-corrected chi connectivity index (χ3v) is 3.92. The van der Waals surface area contributed by atoms with Crippen LogP contribution in [0.1, 0.15) is 10.4 Å². The molecule has 2 rings (SSSR count). The van der Waals surface area contributed by atoms with Crippen molar-refractivity contribution in [2.45, 2.75) is 0 Å². The molecular weight excluding hydrogens is 292 g/mol. The fourth-order valence-electron chi connectivity index (χ4n) is 2.30. The normalized spacial score (nSPS) is 16.7. The summed E-state index contributed by atoms with van der Waals surface area (Å²) in [4.78, 5) is 15.5. The van der Waals surface area contributed by atoms with Crippen LogP contribution in [0.2, 0.25) is 5.02 Å². The second-order valence-electron chi connectivity index (χ2n) is 5.15. The van der Waals surface area contributed by atoms with Crippen molar-refractivity contribution >= 4 is 17.9 Å². The molecule has 21 heavy (non-hydrogen) atoms. The number of rotatable bonds is 6. The van der Waals surface area contributed by atoms with E-state index < -0.39 is 0 Å². The van der Waals surface area contributed by atoms with Crippen molar-refractivity contribution < 1.29 is 14.3 Å². The van der Waals surface area contributed by atoms with Gasteiger partial charge in [-0.15, -0.1) is 0 Å². The molecule has 1 fully saturated rings. The number of ether oxygens (including phenoxy) is 2. The van der Waals surface area contributed by atoms with Crippen molar-refractivity contribution in [3.05, 3.63) is 22.7 Å².